The van der Waals surface area contributed by atoms with Gasteiger partial charge in [-0.3, -0.25) is 0 Å². The maximum atomic E-state index is 6.32. The van der Waals surface area contributed by atoms with E-state index in [-0.39, 0.29) is 5.60 Å². The molecule has 2 rings (SSSR count). The molecule has 1 aliphatic carbocycles. The number of hydrogen-bond acceptors (Lipinski definition) is 1. The first-order valence-corrected chi connectivity index (χ1v) is 6.50. The highest BCUT2D eigenvalue weighted by atomic mass is 16.5. The highest BCUT2D eigenvalue weighted by molar-refractivity contribution is 5.32. The molecule has 0 aliphatic heterocycles. The maximum Gasteiger partial charge on any atom is 0.123 e. The van der Waals surface area contributed by atoms with E-state index in [1.165, 1.54) is 37.7 Å². The van der Waals surface area contributed by atoms with E-state index in [1.807, 2.05) is 0 Å². The average Bonchev–Trinajstić information content (AvgIpc) is 2.33. The minimum atomic E-state index is 0.115. The van der Waals surface area contributed by atoms with Crippen LogP contribution in [0.2, 0.25) is 0 Å². The smallest absolute Gasteiger partial charge is 0.123 e. The number of para-hydroxylation sites is 1. The summed E-state index contributed by atoms with van der Waals surface area (Å²) in [5.74, 6) is 1.08. The number of rotatable bonds is 3. The van der Waals surface area contributed by atoms with Crippen LogP contribution in [0.25, 0.3) is 0 Å². The largest absolute Gasteiger partial charge is 0.487 e. The first-order valence-electron chi connectivity index (χ1n) is 6.50. The van der Waals surface area contributed by atoms with Crippen molar-refractivity contribution in [1.29, 1.82) is 0 Å². The van der Waals surface area contributed by atoms with Crippen molar-refractivity contribution in [1.82, 2.24) is 0 Å². The molecule has 0 radical (unpaired) electrons. The van der Waals surface area contributed by atoms with Crippen molar-refractivity contribution in [2.45, 2.75) is 58.0 Å². The van der Waals surface area contributed by atoms with E-state index in [0.29, 0.717) is 0 Å². The van der Waals surface area contributed by atoms with Crippen LogP contribution in [0, 0.1) is 6.92 Å². The van der Waals surface area contributed by atoms with Crippen molar-refractivity contribution in [3.05, 3.63) is 29.8 Å². The minimum absolute atomic E-state index is 0.115. The second-order valence-corrected chi connectivity index (χ2v) is 4.96. The molecule has 0 aromatic heterocycles. The Labute approximate surface area is 98.8 Å². The van der Waals surface area contributed by atoms with Crippen molar-refractivity contribution < 1.29 is 4.74 Å². The van der Waals surface area contributed by atoms with E-state index in [1.54, 1.807) is 0 Å². The van der Waals surface area contributed by atoms with E-state index >= 15 is 0 Å². The monoisotopic (exact) mass is 218 g/mol. The first-order chi connectivity index (χ1) is 7.76. The quantitative estimate of drug-likeness (QED) is 0.726. The van der Waals surface area contributed by atoms with E-state index < -0.39 is 0 Å². The summed E-state index contributed by atoms with van der Waals surface area (Å²) in [6, 6.07) is 8.36. The van der Waals surface area contributed by atoms with Gasteiger partial charge in [-0.1, -0.05) is 31.5 Å². The summed E-state index contributed by atoms with van der Waals surface area (Å²) in [5.41, 5.74) is 1.37. The fourth-order valence-corrected chi connectivity index (χ4v) is 2.63. The van der Waals surface area contributed by atoms with Gasteiger partial charge in [0.05, 0.1) is 0 Å². The Kier molecular flexibility index (Phi) is 3.52. The topological polar surface area (TPSA) is 9.23 Å². The minimum Gasteiger partial charge on any atom is -0.487 e. The Hall–Kier alpha value is -0.980. The molecule has 0 unspecified atom stereocenters. The third-order valence-corrected chi connectivity index (χ3v) is 3.83. The van der Waals surface area contributed by atoms with E-state index in [0.717, 1.165) is 12.2 Å². The molecule has 1 aromatic rings. The molecular weight excluding hydrogens is 196 g/mol. The molecule has 1 fully saturated rings. The summed E-state index contributed by atoms with van der Waals surface area (Å²) < 4.78 is 6.32. The summed E-state index contributed by atoms with van der Waals surface area (Å²) in [6.45, 7) is 4.38. The summed E-state index contributed by atoms with van der Waals surface area (Å²) >= 11 is 0. The second-order valence-electron chi connectivity index (χ2n) is 4.96. The lowest BCUT2D eigenvalue weighted by Crippen LogP contribution is -2.37. The summed E-state index contributed by atoms with van der Waals surface area (Å²) in [7, 11) is 0. The SMILES string of the molecule is CCC1(Oc2ccccc2C)CCCCC1. The van der Waals surface area contributed by atoms with Gasteiger partial charge in [-0.2, -0.15) is 0 Å². The van der Waals surface area contributed by atoms with Gasteiger partial charge < -0.3 is 4.74 Å². The number of benzene rings is 1. The lowest BCUT2D eigenvalue weighted by atomic mass is 9.82. The molecule has 0 spiro atoms. The first kappa shape index (κ1) is 11.5. The molecule has 1 aromatic carbocycles. The molecule has 0 heterocycles. The van der Waals surface area contributed by atoms with Crippen LogP contribution in [0.5, 0.6) is 5.75 Å². The molecule has 16 heavy (non-hydrogen) atoms. The Balaban J connectivity index is 2.15. The molecule has 0 atom stereocenters. The van der Waals surface area contributed by atoms with E-state index in [2.05, 4.69) is 38.1 Å². The van der Waals surface area contributed by atoms with E-state index in [4.69, 9.17) is 4.74 Å². The Morgan fingerprint density at radius 1 is 1.12 bits per heavy atom. The summed E-state index contributed by atoms with van der Waals surface area (Å²) in [4.78, 5) is 0. The van der Waals surface area contributed by atoms with Crippen LogP contribution in [0.4, 0.5) is 0 Å². The Bertz CT molecular complexity index is 337. The molecule has 0 N–H and O–H groups in total. The fourth-order valence-electron chi connectivity index (χ4n) is 2.63. The lowest BCUT2D eigenvalue weighted by Gasteiger charge is -2.37. The number of ether oxygens (including phenoxy) is 1. The van der Waals surface area contributed by atoms with Crippen molar-refractivity contribution in [2.24, 2.45) is 0 Å². The average molecular weight is 218 g/mol. The van der Waals surface area contributed by atoms with Gasteiger partial charge in [0.25, 0.3) is 0 Å². The molecule has 88 valence electrons. The molecular formula is C15H22O. The molecule has 1 nitrogen and oxygen atoms in total. The van der Waals surface area contributed by atoms with Crippen LogP contribution in [-0.2, 0) is 0 Å². The number of hydrogen-bond donors (Lipinski definition) is 0. The van der Waals surface area contributed by atoms with Crippen molar-refractivity contribution in [3.8, 4) is 5.75 Å². The Morgan fingerprint density at radius 3 is 2.44 bits per heavy atom. The summed E-state index contributed by atoms with van der Waals surface area (Å²) in [6.07, 6.45) is 7.58. The van der Waals surface area contributed by atoms with Crippen LogP contribution in [0.1, 0.15) is 51.0 Å². The van der Waals surface area contributed by atoms with Gasteiger partial charge in [0.2, 0.25) is 0 Å². The van der Waals surface area contributed by atoms with Crippen molar-refractivity contribution in [3.63, 3.8) is 0 Å². The molecule has 1 aliphatic rings. The number of aryl methyl sites for hydroxylation is 1. The highest BCUT2D eigenvalue weighted by Gasteiger charge is 2.32. The van der Waals surface area contributed by atoms with E-state index in [9.17, 15) is 0 Å². The Morgan fingerprint density at radius 2 is 1.81 bits per heavy atom. The lowest BCUT2D eigenvalue weighted by molar-refractivity contribution is 0.0259. The standard InChI is InChI=1S/C15H22O/c1-3-15(11-7-4-8-12-15)16-14-10-6-5-9-13(14)2/h5-6,9-10H,3-4,7-8,11-12H2,1-2H3. The van der Waals surface area contributed by atoms with Crippen LogP contribution < -0.4 is 4.74 Å². The molecule has 0 amide bonds. The van der Waals surface area contributed by atoms with Crippen LogP contribution >= 0.6 is 0 Å². The predicted octanol–water partition coefficient (Wildman–Crippen LogP) is 4.49. The van der Waals surface area contributed by atoms with Gasteiger partial charge >= 0.3 is 0 Å². The van der Waals surface area contributed by atoms with Gasteiger partial charge in [-0.15, -0.1) is 0 Å². The molecule has 1 saturated carbocycles. The normalized spacial score (nSPS) is 19.4. The van der Waals surface area contributed by atoms with Crippen LogP contribution in [0.15, 0.2) is 24.3 Å². The predicted molar refractivity (Wildman–Crippen MR) is 67.9 cm³/mol. The third-order valence-electron chi connectivity index (χ3n) is 3.83. The zero-order valence-electron chi connectivity index (χ0n) is 10.5. The summed E-state index contributed by atoms with van der Waals surface area (Å²) in [5, 5.41) is 0. The van der Waals surface area contributed by atoms with Gasteiger partial charge in [0.1, 0.15) is 11.4 Å². The molecule has 1 heteroatoms. The van der Waals surface area contributed by atoms with Gasteiger partial charge in [-0.05, 0) is 50.7 Å². The van der Waals surface area contributed by atoms with Crippen molar-refractivity contribution >= 4 is 0 Å². The zero-order valence-corrected chi connectivity index (χ0v) is 10.5. The zero-order chi connectivity index (χ0) is 11.4. The maximum absolute atomic E-state index is 6.32. The molecule has 0 bridgehead atoms. The highest BCUT2D eigenvalue weighted by Crippen LogP contribution is 2.36. The third kappa shape index (κ3) is 2.40. The second kappa shape index (κ2) is 4.90. The van der Waals surface area contributed by atoms with Crippen molar-refractivity contribution in [2.75, 3.05) is 0 Å². The van der Waals surface area contributed by atoms with Gasteiger partial charge in [0.15, 0.2) is 0 Å². The van der Waals surface area contributed by atoms with Crippen LogP contribution in [0.3, 0.4) is 0 Å². The van der Waals surface area contributed by atoms with Gasteiger partial charge in [0, 0.05) is 0 Å². The van der Waals surface area contributed by atoms with Gasteiger partial charge in [-0.25, -0.2) is 0 Å². The molecule has 0 saturated heterocycles. The van der Waals surface area contributed by atoms with Crippen LogP contribution in [-0.4, -0.2) is 5.60 Å². The fraction of sp³-hybridized carbons (Fsp3) is 0.600.